The van der Waals surface area contributed by atoms with Crippen LogP contribution in [0.2, 0.25) is 0 Å². The monoisotopic (exact) mass is 794 g/mol. The Labute approximate surface area is 345 Å². The lowest BCUT2D eigenvalue weighted by molar-refractivity contribution is -0.862. The van der Waals surface area contributed by atoms with E-state index in [2.05, 4.69) is 81.7 Å². The molecule has 2 N–H and O–H groups in total. The number of aryl methyl sites for hydroxylation is 4. The Kier molecular flexibility index (Phi) is 13.6. The van der Waals surface area contributed by atoms with Crippen molar-refractivity contribution in [2.75, 3.05) is 55.4 Å². The second-order valence-electron chi connectivity index (χ2n) is 17.5. The van der Waals surface area contributed by atoms with Crippen LogP contribution in [0.4, 0.5) is 0 Å². The number of amides is 2. The Morgan fingerprint density at radius 3 is 1.18 bits per heavy atom. The Hall–Kier alpha value is -4.34. The summed E-state index contributed by atoms with van der Waals surface area (Å²) in [5, 5.41) is 9.21. The van der Waals surface area contributed by atoms with E-state index in [-0.39, 0.29) is 36.6 Å². The lowest BCUT2D eigenvalue weighted by Gasteiger charge is -2.26. The van der Waals surface area contributed by atoms with E-state index in [1.165, 1.54) is 94.2 Å². The fourth-order valence-electron chi connectivity index (χ4n) is 8.33. The first-order valence-electron chi connectivity index (χ1n) is 19.6. The van der Waals surface area contributed by atoms with Gasteiger partial charge in [0.05, 0.1) is 53.7 Å². The van der Waals surface area contributed by atoms with Gasteiger partial charge < -0.3 is 33.8 Å². The van der Waals surface area contributed by atoms with Crippen molar-refractivity contribution in [1.82, 2.24) is 10.9 Å². The summed E-state index contributed by atoms with van der Waals surface area (Å²) in [6, 6.07) is 26.2. The van der Waals surface area contributed by atoms with Gasteiger partial charge in [-0.2, -0.15) is 10.2 Å². The smallest absolute Gasteiger partial charge is 0.295 e. The number of carbonyl (C=O) groups excluding carboxylic acids is 2. The van der Waals surface area contributed by atoms with E-state index in [9.17, 15) is 9.59 Å². The molecule has 0 radical (unpaired) electrons. The van der Waals surface area contributed by atoms with Gasteiger partial charge in [-0.3, -0.25) is 9.59 Å². The number of quaternary nitrogens is 2. The molecule has 0 atom stereocenters. The van der Waals surface area contributed by atoms with Crippen LogP contribution in [-0.4, -0.2) is 87.6 Å². The minimum Gasteiger partial charge on any atom is -1.00 e. The number of nitrogens with one attached hydrogen (secondary N) is 2. The number of fused-ring (bicyclic) bond motifs is 6. The van der Waals surface area contributed by atoms with Crippen LogP contribution in [-0.2, 0) is 48.1 Å². The topological polar surface area (TPSA) is 82.9 Å². The highest BCUT2D eigenvalue weighted by atomic mass is 35.5. The molecule has 4 aromatic rings. The summed E-state index contributed by atoms with van der Waals surface area (Å²) in [6.45, 7) is 0.797. The van der Waals surface area contributed by atoms with Crippen molar-refractivity contribution >= 4 is 23.2 Å². The standard InChI is InChI=1S/2C23H27N3O.2ClH/c2*1-26(2,3)15-22(27)24-25-23-20-11-7-6-10-18(20)13-19-12-16-8-4-5-9-17(16)14-21(19)23;;/h2*6-7,10-12,14H,4-5,8-9,13,15H2,1-3H3;2*1H. The highest BCUT2D eigenvalue weighted by molar-refractivity contribution is 6.17. The fraction of sp³-hybridized carbons (Fsp3) is 0.391. The molecular formula is C46H56Cl2N6O2. The second-order valence-corrected chi connectivity index (χ2v) is 17.5. The molecule has 0 heterocycles. The number of hydrogen-bond donors (Lipinski definition) is 2. The number of nitrogens with zero attached hydrogens (tertiary/aromatic N) is 4. The number of hydrogen-bond acceptors (Lipinski definition) is 4. The zero-order valence-corrected chi connectivity index (χ0v) is 35.3. The maximum atomic E-state index is 12.3. The van der Waals surface area contributed by atoms with Crippen LogP contribution in [0.1, 0.15) is 92.4 Å². The summed E-state index contributed by atoms with van der Waals surface area (Å²) in [6.07, 6.45) is 11.6. The van der Waals surface area contributed by atoms with Crippen LogP contribution < -0.4 is 35.7 Å². The van der Waals surface area contributed by atoms with Gasteiger partial charge in [0.25, 0.3) is 11.8 Å². The van der Waals surface area contributed by atoms with Gasteiger partial charge >= 0.3 is 0 Å². The molecule has 56 heavy (non-hydrogen) atoms. The molecule has 0 saturated carbocycles. The van der Waals surface area contributed by atoms with Crippen LogP contribution in [0, 0.1) is 0 Å². The van der Waals surface area contributed by atoms with E-state index < -0.39 is 0 Å². The molecule has 2 amide bonds. The first kappa shape index (κ1) is 42.8. The number of carbonyl (C=O) groups is 2. The Bertz CT molecular complexity index is 2010. The zero-order valence-electron chi connectivity index (χ0n) is 33.8. The van der Waals surface area contributed by atoms with Crippen molar-refractivity contribution in [2.45, 2.75) is 64.2 Å². The van der Waals surface area contributed by atoms with Crippen molar-refractivity contribution in [2.24, 2.45) is 10.2 Å². The van der Waals surface area contributed by atoms with Gasteiger partial charge in [-0.1, -0.05) is 60.7 Å². The molecule has 0 fully saturated rings. The molecule has 0 aliphatic heterocycles. The molecule has 8 rings (SSSR count). The third kappa shape index (κ3) is 10.1. The van der Waals surface area contributed by atoms with Gasteiger partial charge in [-0.05, 0) is 121 Å². The van der Waals surface area contributed by atoms with E-state index >= 15 is 0 Å². The Balaban J connectivity index is 0.000000207. The predicted molar refractivity (Wildman–Crippen MR) is 218 cm³/mol. The molecule has 8 nitrogen and oxygen atoms in total. The highest BCUT2D eigenvalue weighted by Gasteiger charge is 2.26. The summed E-state index contributed by atoms with van der Waals surface area (Å²) in [5.74, 6) is -0.116. The molecule has 0 unspecified atom stereocenters. The van der Waals surface area contributed by atoms with Gasteiger partial charge in [0.2, 0.25) is 0 Å². The Morgan fingerprint density at radius 2 is 0.821 bits per heavy atom. The van der Waals surface area contributed by atoms with Crippen LogP contribution in [0.3, 0.4) is 0 Å². The second kappa shape index (κ2) is 17.9. The largest absolute Gasteiger partial charge is 1.00 e. The third-order valence-electron chi connectivity index (χ3n) is 10.8. The maximum absolute atomic E-state index is 12.3. The van der Waals surface area contributed by atoms with E-state index in [0.717, 1.165) is 48.2 Å². The first-order valence-corrected chi connectivity index (χ1v) is 19.6. The SMILES string of the molecule is C[N+](C)(C)CC(=O)NN=C1c2ccccc2Cc2cc3c(cc21)CCCC3.C[N+](C)(C)CC(=O)NN=C1c2ccccc2Cc2cc3c(cc21)CCCC3.[Cl-].[Cl-]. The molecule has 10 heteroatoms. The van der Waals surface area contributed by atoms with E-state index in [0.29, 0.717) is 22.1 Å². The van der Waals surface area contributed by atoms with E-state index in [1.807, 2.05) is 54.4 Å². The van der Waals surface area contributed by atoms with Crippen molar-refractivity contribution in [3.05, 3.63) is 140 Å². The minimum absolute atomic E-state index is 0. The Morgan fingerprint density at radius 1 is 0.482 bits per heavy atom. The van der Waals surface area contributed by atoms with Gasteiger partial charge in [0, 0.05) is 22.3 Å². The number of hydrazone groups is 2. The lowest BCUT2D eigenvalue weighted by atomic mass is 9.80. The summed E-state index contributed by atoms with van der Waals surface area (Å²) < 4.78 is 1.16. The van der Waals surface area contributed by atoms with Gasteiger partial charge in [0.15, 0.2) is 13.1 Å². The van der Waals surface area contributed by atoms with Gasteiger partial charge in [-0.15, -0.1) is 0 Å². The summed E-state index contributed by atoms with van der Waals surface area (Å²) >= 11 is 0. The quantitative estimate of drug-likeness (QED) is 0.186. The fourth-order valence-corrected chi connectivity index (χ4v) is 8.33. The van der Waals surface area contributed by atoms with Crippen LogP contribution >= 0.6 is 0 Å². The van der Waals surface area contributed by atoms with E-state index in [4.69, 9.17) is 0 Å². The third-order valence-corrected chi connectivity index (χ3v) is 10.8. The summed E-state index contributed by atoms with van der Waals surface area (Å²) in [4.78, 5) is 24.6. The summed E-state index contributed by atoms with van der Waals surface area (Å²) in [5.41, 5.74) is 23.1. The molecule has 4 aliphatic carbocycles. The number of likely N-dealkylation sites (N-methyl/N-ethyl adjacent to an activating group) is 2. The average molecular weight is 796 g/mol. The molecule has 4 aliphatic rings. The van der Waals surface area contributed by atoms with Gasteiger partial charge in [-0.25, -0.2) is 10.9 Å². The molecule has 0 spiro atoms. The van der Waals surface area contributed by atoms with Crippen LogP contribution in [0.15, 0.2) is 83.0 Å². The molecular weight excluding hydrogens is 739 g/mol. The predicted octanol–water partition coefficient (Wildman–Crippen LogP) is 0.0968. The molecule has 4 aromatic carbocycles. The lowest BCUT2D eigenvalue weighted by Crippen LogP contribution is -3.00. The van der Waals surface area contributed by atoms with Crippen molar-refractivity contribution in [3.63, 3.8) is 0 Å². The normalized spacial score (nSPS) is 16.5. The number of halogens is 2. The van der Waals surface area contributed by atoms with Crippen molar-refractivity contribution in [3.8, 4) is 0 Å². The van der Waals surface area contributed by atoms with E-state index in [1.54, 1.807) is 0 Å². The molecule has 0 bridgehead atoms. The van der Waals surface area contributed by atoms with Crippen molar-refractivity contribution < 1.29 is 43.4 Å². The zero-order chi connectivity index (χ0) is 38.0. The van der Waals surface area contributed by atoms with Crippen molar-refractivity contribution in [1.29, 1.82) is 0 Å². The number of benzene rings is 4. The first-order chi connectivity index (χ1) is 25.8. The summed E-state index contributed by atoms with van der Waals surface area (Å²) in [7, 11) is 12.0. The minimum atomic E-state index is -0.0578. The molecule has 0 aromatic heterocycles. The average Bonchev–Trinajstić information content (AvgIpc) is 3.12. The van der Waals surface area contributed by atoms with Crippen LogP contribution in [0.5, 0.6) is 0 Å². The molecule has 296 valence electrons. The van der Waals surface area contributed by atoms with Crippen LogP contribution in [0.25, 0.3) is 0 Å². The maximum Gasteiger partial charge on any atom is 0.295 e. The number of rotatable bonds is 6. The molecule has 0 saturated heterocycles. The highest BCUT2D eigenvalue weighted by Crippen LogP contribution is 2.34. The van der Waals surface area contributed by atoms with Gasteiger partial charge in [0.1, 0.15) is 0 Å².